The van der Waals surface area contributed by atoms with Crippen molar-refractivity contribution in [1.29, 1.82) is 0 Å². The molecule has 0 aliphatic rings. The summed E-state index contributed by atoms with van der Waals surface area (Å²) in [7, 11) is 1.65. The smallest absolute Gasteiger partial charge is 0.181 e. The van der Waals surface area contributed by atoms with Crippen molar-refractivity contribution in [1.82, 2.24) is 10.3 Å². The first kappa shape index (κ1) is 13.7. The molecule has 0 saturated carbocycles. The zero-order valence-electron chi connectivity index (χ0n) is 11.1. The molecule has 5 heteroatoms. The first-order valence-corrected chi connectivity index (χ1v) is 6.10. The Kier molecular flexibility index (Phi) is 4.65. The molecule has 0 unspecified atom stereocenters. The SMILES string of the molecule is COCCNCc1ncoc1-c1cc(C)cc(F)c1. The van der Waals surface area contributed by atoms with Gasteiger partial charge in [0.25, 0.3) is 0 Å². The molecule has 0 radical (unpaired) electrons. The van der Waals surface area contributed by atoms with Gasteiger partial charge in [-0.05, 0) is 30.7 Å². The third kappa shape index (κ3) is 3.62. The molecule has 19 heavy (non-hydrogen) atoms. The average molecular weight is 264 g/mol. The molecule has 2 aromatic rings. The topological polar surface area (TPSA) is 47.3 Å². The minimum absolute atomic E-state index is 0.273. The Morgan fingerprint density at radius 1 is 1.37 bits per heavy atom. The summed E-state index contributed by atoms with van der Waals surface area (Å²) in [6.45, 7) is 3.77. The van der Waals surface area contributed by atoms with Gasteiger partial charge in [-0.2, -0.15) is 0 Å². The molecule has 1 aromatic heterocycles. The number of methoxy groups -OCH3 is 1. The van der Waals surface area contributed by atoms with E-state index in [1.807, 2.05) is 13.0 Å². The van der Waals surface area contributed by atoms with Crippen LogP contribution in [0.3, 0.4) is 0 Å². The fourth-order valence-corrected chi connectivity index (χ4v) is 1.88. The van der Waals surface area contributed by atoms with E-state index >= 15 is 0 Å². The van der Waals surface area contributed by atoms with E-state index in [4.69, 9.17) is 9.15 Å². The molecule has 2 rings (SSSR count). The van der Waals surface area contributed by atoms with E-state index in [2.05, 4.69) is 10.3 Å². The van der Waals surface area contributed by atoms with Crippen LogP contribution in [0.2, 0.25) is 0 Å². The van der Waals surface area contributed by atoms with Gasteiger partial charge in [-0.3, -0.25) is 0 Å². The quantitative estimate of drug-likeness (QED) is 0.814. The van der Waals surface area contributed by atoms with E-state index in [0.717, 1.165) is 17.8 Å². The van der Waals surface area contributed by atoms with E-state index < -0.39 is 0 Å². The predicted octanol–water partition coefficient (Wildman–Crippen LogP) is 2.53. The van der Waals surface area contributed by atoms with E-state index in [0.29, 0.717) is 24.5 Å². The molecule has 0 atom stereocenters. The van der Waals surface area contributed by atoms with Crippen molar-refractivity contribution in [2.75, 3.05) is 20.3 Å². The fraction of sp³-hybridized carbons (Fsp3) is 0.357. The lowest BCUT2D eigenvalue weighted by atomic mass is 10.1. The van der Waals surface area contributed by atoms with Gasteiger partial charge in [-0.15, -0.1) is 0 Å². The summed E-state index contributed by atoms with van der Waals surface area (Å²) in [6.07, 6.45) is 1.38. The lowest BCUT2D eigenvalue weighted by molar-refractivity contribution is 0.199. The first-order valence-electron chi connectivity index (χ1n) is 6.10. The molecular weight excluding hydrogens is 247 g/mol. The predicted molar refractivity (Wildman–Crippen MR) is 70.2 cm³/mol. The summed E-state index contributed by atoms with van der Waals surface area (Å²) in [6, 6.07) is 4.81. The number of nitrogens with one attached hydrogen (secondary N) is 1. The first-order chi connectivity index (χ1) is 9.20. The monoisotopic (exact) mass is 264 g/mol. The van der Waals surface area contributed by atoms with Gasteiger partial charge in [-0.25, -0.2) is 9.37 Å². The second-order valence-electron chi connectivity index (χ2n) is 4.32. The van der Waals surface area contributed by atoms with Crippen LogP contribution in [-0.4, -0.2) is 25.2 Å². The minimum atomic E-state index is -0.273. The number of hydrogen-bond acceptors (Lipinski definition) is 4. The number of aryl methyl sites for hydroxylation is 1. The van der Waals surface area contributed by atoms with Crippen LogP contribution in [0.25, 0.3) is 11.3 Å². The molecule has 1 aromatic carbocycles. The maximum Gasteiger partial charge on any atom is 0.181 e. The van der Waals surface area contributed by atoms with E-state index in [1.54, 1.807) is 7.11 Å². The van der Waals surface area contributed by atoms with E-state index in [1.165, 1.54) is 18.5 Å². The highest BCUT2D eigenvalue weighted by atomic mass is 19.1. The highest BCUT2D eigenvalue weighted by molar-refractivity contribution is 5.60. The van der Waals surface area contributed by atoms with Crippen molar-refractivity contribution in [3.05, 3.63) is 41.7 Å². The van der Waals surface area contributed by atoms with Crippen LogP contribution in [0.4, 0.5) is 4.39 Å². The molecule has 4 nitrogen and oxygen atoms in total. The van der Waals surface area contributed by atoms with Crippen molar-refractivity contribution in [3.8, 4) is 11.3 Å². The van der Waals surface area contributed by atoms with Gasteiger partial charge < -0.3 is 14.5 Å². The molecule has 0 spiro atoms. The third-order valence-corrected chi connectivity index (χ3v) is 2.72. The number of aromatic nitrogens is 1. The second kappa shape index (κ2) is 6.45. The molecule has 0 amide bonds. The highest BCUT2D eigenvalue weighted by Crippen LogP contribution is 2.25. The van der Waals surface area contributed by atoms with Crippen LogP contribution < -0.4 is 5.32 Å². The zero-order chi connectivity index (χ0) is 13.7. The standard InChI is InChI=1S/C14H17FN2O2/c1-10-5-11(7-12(15)6-10)14-13(17-9-19-14)8-16-3-4-18-2/h5-7,9,16H,3-4,8H2,1-2H3. The number of hydrogen-bond donors (Lipinski definition) is 1. The largest absolute Gasteiger partial charge is 0.443 e. The highest BCUT2D eigenvalue weighted by Gasteiger charge is 2.11. The Morgan fingerprint density at radius 3 is 2.95 bits per heavy atom. The number of nitrogens with zero attached hydrogens (tertiary/aromatic N) is 1. The summed E-state index contributed by atoms with van der Waals surface area (Å²) in [5.41, 5.74) is 2.32. The Balaban J connectivity index is 2.14. The fourth-order valence-electron chi connectivity index (χ4n) is 1.88. The molecule has 102 valence electrons. The molecular formula is C14H17FN2O2. The van der Waals surface area contributed by atoms with Gasteiger partial charge in [-0.1, -0.05) is 0 Å². The Morgan fingerprint density at radius 2 is 2.21 bits per heavy atom. The van der Waals surface area contributed by atoms with Gasteiger partial charge in [0, 0.05) is 25.8 Å². The molecule has 0 aliphatic heterocycles. The third-order valence-electron chi connectivity index (χ3n) is 2.72. The Hall–Kier alpha value is -1.72. The van der Waals surface area contributed by atoms with Crippen molar-refractivity contribution in [2.24, 2.45) is 0 Å². The Bertz CT molecular complexity index is 520. The summed E-state index contributed by atoms with van der Waals surface area (Å²) >= 11 is 0. The zero-order valence-corrected chi connectivity index (χ0v) is 11.1. The van der Waals surface area contributed by atoms with Gasteiger partial charge in [0.15, 0.2) is 12.2 Å². The summed E-state index contributed by atoms with van der Waals surface area (Å²) in [5.74, 6) is 0.331. The normalized spacial score (nSPS) is 10.9. The van der Waals surface area contributed by atoms with Crippen molar-refractivity contribution >= 4 is 0 Å². The Labute approximate surface area is 111 Å². The lowest BCUT2D eigenvalue weighted by Gasteiger charge is -2.05. The van der Waals surface area contributed by atoms with Gasteiger partial charge in [0.2, 0.25) is 0 Å². The maximum atomic E-state index is 13.4. The number of ether oxygens (including phenoxy) is 1. The van der Waals surface area contributed by atoms with Gasteiger partial charge in [0.1, 0.15) is 11.5 Å². The van der Waals surface area contributed by atoms with Gasteiger partial charge in [0.05, 0.1) is 6.61 Å². The number of benzene rings is 1. The van der Waals surface area contributed by atoms with Crippen molar-refractivity contribution in [2.45, 2.75) is 13.5 Å². The average Bonchev–Trinajstić information content (AvgIpc) is 2.82. The van der Waals surface area contributed by atoms with Crippen LogP contribution in [0.5, 0.6) is 0 Å². The van der Waals surface area contributed by atoms with Crippen LogP contribution >= 0.6 is 0 Å². The van der Waals surface area contributed by atoms with Crippen LogP contribution in [0, 0.1) is 12.7 Å². The molecule has 0 aliphatic carbocycles. The number of rotatable bonds is 6. The minimum Gasteiger partial charge on any atom is -0.443 e. The van der Waals surface area contributed by atoms with E-state index in [-0.39, 0.29) is 5.82 Å². The molecule has 1 heterocycles. The molecule has 0 fully saturated rings. The lowest BCUT2D eigenvalue weighted by Crippen LogP contribution is -2.19. The molecule has 0 saturated heterocycles. The van der Waals surface area contributed by atoms with Crippen LogP contribution in [0.15, 0.2) is 29.0 Å². The number of oxazole rings is 1. The second-order valence-corrected chi connectivity index (χ2v) is 4.32. The van der Waals surface area contributed by atoms with Gasteiger partial charge >= 0.3 is 0 Å². The summed E-state index contributed by atoms with van der Waals surface area (Å²) in [4.78, 5) is 4.16. The van der Waals surface area contributed by atoms with E-state index in [9.17, 15) is 4.39 Å². The summed E-state index contributed by atoms with van der Waals surface area (Å²) < 4.78 is 23.7. The number of halogens is 1. The van der Waals surface area contributed by atoms with Crippen LogP contribution in [0.1, 0.15) is 11.3 Å². The molecule has 1 N–H and O–H groups in total. The van der Waals surface area contributed by atoms with Crippen molar-refractivity contribution < 1.29 is 13.5 Å². The summed E-state index contributed by atoms with van der Waals surface area (Å²) in [5, 5.41) is 3.19. The van der Waals surface area contributed by atoms with Crippen LogP contribution in [-0.2, 0) is 11.3 Å². The molecule has 0 bridgehead atoms. The van der Waals surface area contributed by atoms with Crippen molar-refractivity contribution in [3.63, 3.8) is 0 Å². The maximum absolute atomic E-state index is 13.4.